The fourth-order valence-electron chi connectivity index (χ4n) is 3.52. The van der Waals surface area contributed by atoms with Crippen molar-refractivity contribution in [3.05, 3.63) is 94.8 Å². The number of halogens is 3. The fraction of sp³-hybridized carbons (Fsp3) is 0.0833. The third kappa shape index (κ3) is 5.81. The summed E-state index contributed by atoms with van der Waals surface area (Å²) in [4.78, 5) is 32.7. The number of carbonyl (C=O) groups is 2. The van der Waals surface area contributed by atoms with E-state index in [0.717, 1.165) is 12.1 Å². The van der Waals surface area contributed by atoms with Crippen molar-refractivity contribution in [1.29, 1.82) is 0 Å². The van der Waals surface area contributed by atoms with E-state index >= 15 is 0 Å². The molecular weight excluding hydrogens is 530 g/mol. The molecule has 0 unspecified atom stereocenters. The molecule has 1 atom stereocenters. The van der Waals surface area contributed by atoms with Gasteiger partial charge in [-0.2, -0.15) is 0 Å². The second-order valence-corrected chi connectivity index (χ2v) is 9.88. The lowest BCUT2D eigenvalue weighted by Gasteiger charge is -2.17. The first-order valence-electron chi connectivity index (χ1n) is 10.5. The molecule has 0 aliphatic rings. The van der Waals surface area contributed by atoms with Crippen LogP contribution in [-0.4, -0.2) is 41.4 Å². The third-order valence-corrected chi connectivity index (χ3v) is 6.88. The van der Waals surface area contributed by atoms with Gasteiger partial charge in [0.15, 0.2) is 11.6 Å². The molecule has 0 aliphatic heterocycles. The number of carboxylic acids is 1. The number of anilines is 1. The lowest BCUT2D eigenvalue weighted by atomic mass is 10.0. The molecule has 0 fully saturated rings. The molecular formula is C24H17ClF2N4O5S. The van der Waals surface area contributed by atoms with Crippen LogP contribution >= 0.6 is 11.6 Å². The number of nitrogens with zero attached hydrogens (tertiary/aromatic N) is 2. The maximum atomic E-state index is 13.5. The highest BCUT2D eigenvalue weighted by atomic mass is 35.5. The minimum Gasteiger partial charge on any atom is -0.480 e. The average molecular weight is 547 g/mol. The van der Waals surface area contributed by atoms with Gasteiger partial charge in [-0.3, -0.25) is 19.5 Å². The van der Waals surface area contributed by atoms with E-state index in [0.29, 0.717) is 5.52 Å². The maximum Gasteiger partial charge on any atom is 0.326 e. The summed E-state index contributed by atoms with van der Waals surface area (Å²) < 4.78 is 55.5. The van der Waals surface area contributed by atoms with Gasteiger partial charge >= 0.3 is 5.97 Å². The lowest BCUT2D eigenvalue weighted by molar-refractivity contribution is -0.139. The van der Waals surface area contributed by atoms with Crippen molar-refractivity contribution < 1.29 is 31.9 Å². The summed E-state index contributed by atoms with van der Waals surface area (Å²) in [7, 11) is -4.30. The number of carbonyl (C=O) groups excluding carboxylic acids is 1. The number of aromatic nitrogens is 2. The topological polar surface area (TPSA) is 138 Å². The summed E-state index contributed by atoms with van der Waals surface area (Å²) in [5.41, 5.74) is 0.110. The number of para-hydroxylation sites is 1. The maximum absolute atomic E-state index is 13.5. The molecule has 0 radical (unpaired) electrons. The number of sulfonamides is 1. The van der Waals surface area contributed by atoms with Crippen LogP contribution in [0.15, 0.2) is 71.9 Å². The summed E-state index contributed by atoms with van der Waals surface area (Å²) in [5, 5.41) is 12.0. The Hall–Kier alpha value is -4.16. The Morgan fingerprint density at radius 1 is 1.00 bits per heavy atom. The Balaban J connectivity index is 1.63. The van der Waals surface area contributed by atoms with Crippen molar-refractivity contribution >= 4 is 50.2 Å². The predicted octanol–water partition coefficient (Wildman–Crippen LogP) is 3.79. The third-order valence-electron chi connectivity index (χ3n) is 5.25. The van der Waals surface area contributed by atoms with Crippen LogP contribution in [-0.2, 0) is 21.2 Å². The highest BCUT2D eigenvalue weighted by Gasteiger charge is 2.26. The van der Waals surface area contributed by atoms with Gasteiger partial charge in [0.05, 0.1) is 16.8 Å². The minimum absolute atomic E-state index is 0.100. The molecule has 0 aliphatic carbocycles. The zero-order chi connectivity index (χ0) is 26.7. The minimum atomic E-state index is -4.30. The molecule has 190 valence electrons. The largest absolute Gasteiger partial charge is 0.480 e. The van der Waals surface area contributed by atoms with Crippen molar-refractivity contribution in [2.45, 2.75) is 17.4 Å². The van der Waals surface area contributed by atoms with Crippen LogP contribution in [0.5, 0.6) is 0 Å². The average Bonchev–Trinajstić information content (AvgIpc) is 2.85. The molecule has 37 heavy (non-hydrogen) atoms. The van der Waals surface area contributed by atoms with Gasteiger partial charge in [-0.15, -0.1) is 0 Å². The number of nitrogens with one attached hydrogen (secondary N) is 2. The van der Waals surface area contributed by atoms with Gasteiger partial charge in [0, 0.05) is 23.8 Å². The molecule has 4 rings (SSSR count). The second kappa shape index (κ2) is 10.4. The van der Waals surface area contributed by atoms with Gasteiger partial charge in [-0.1, -0.05) is 23.7 Å². The Labute approximate surface area is 214 Å². The van der Waals surface area contributed by atoms with Gasteiger partial charge in [-0.25, -0.2) is 22.0 Å². The van der Waals surface area contributed by atoms with Crippen LogP contribution in [0.25, 0.3) is 11.0 Å². The van der Waals surface area contributed by atoms with Crippen LogP contribution in [0.1, 0.15) is 15.9 Å². The Morgan fingerprint density at radius 3 is 2.49 bits per heavy atom. The number of fused-ring (bicyclic) bond motifs is 1. The zero-order valence-electron chi connectivity index (χ0n) is 18.7. The first-order valence-corrected chi connectivity index (χ1v) is 12.4. The molecule has 1 aromatic heterocycles. The van der Waals surface area contributed by atoms with E-state index in [1.807, 2.05) is 0 Å². The van der Waals surface area contributed by atoms with Crippen LogP contribution < -0.4 is 10.0 Å². The van der Waals surface area contributed by atoms with E-state index in [9.17, 15) is 31.9 Å². The first-order chi connectivity index (χ1) is 17.5. The number of amides is 1. The van der Waals surface area contributed by atoms with E-state index in [4.69, 9.17) is 11.6 Å². The molecule has 1 heterocycles. The van der Waals surface area contributed by atoms with Crippen LogP contribution in [0.3, 0.4) is 0 Å². The van der Waals surface area contributed by atoms with Crippen molar-refractivity contribution in [1.82, 2.24) is 15.3 Å². The summed E-state index contributed by atoms with van der Waals surface area (Å²) in [6, 6.07) is 9.42. The van der Waals surface area contributed by atoms with Crippen molar-refractivity contribution in [2.75, 3.05) is 4.72 Å². The molecule has 4 aromatic rings. The molecule has 0 spiro atoms. The monoisotopic (exact) mass is 546 g/mol. The summed E-state index contributed by atoms with van der Waals surface area (Å²) in [6.45, 7) is 0. The molecule has 13 heteroatoms. The summed E-state index contributed by atoms with van der Waals surface area (Å²) in [6.07, 6.45) is 2.38. The Bertz CT molecular complexity index is 1630. The lowest BCUT2D eigenvalue weighted by Crippen LogP contribution is -2.42. The number of rotatable bonds is 8. The quantitative estimate of drug-likeness (QED) is 0.305. The zero-order valence-corrected chi connectivity index (χ0v) is 20.2. The highest BCUT2D eigenvalue weighted by Crippen LogP contribution is 2.27. The van der Waals surface area contributed by atoms with E-state index in [2.05, 4.69) is 20.0 Å². The molecule has 3 N–H and O–H groups in total. The summed E-state index contributed by atoms with van der Waals surface area (Å²) in [5.74, 6) is -4.65. The normalized spacial score (nSPS) is 12.2. The van der Waals surface area contributed by atoms with Crippen molar-refractivity contribution in [3.8, 4) is 0 Å². The number of benzene rings is 3. The van der Waals surface area contributed by atoms with Crippen LogP contribution in [0, 0.1) is 11.6 Å². The molecule has 9 nitrogen and oxygen atoms in total. The van der Waals surface area contributed by atoms with Crippen molar-refractivity contribution in [2.24, 2.45) is 0 Å². The van der Waals surface area contributed by atoms with Crippen LogP contribution in [0.2, 0.25) is 5.02 Å². The summed E-state index contributed by atoms with van der Waals surface area (Å²) >= 11 is 6.03. The van der Waals surface area contributed by atoms with E-state index in [1.54, 1.807) is 6.07 Å². The van der Waals surface area contributed by atoms with Crippen molar-refractivity contribution in [3.63, 3.8) is 0 Å². The number of aliphatic carboxylic acids is 1. The highest BCUT2D eigenvalue weighted by molar-refractivity contribution is 7.93. The SMILES string of the molecule is O=C(N[C@@H](Cc1ccc(F)c(F)c1)C(=O)O)c1ccc(Cl)cc1NS(=O)(=O)c1cccc2nccnc12. The smallest absolute Gasteiger partial charge is 0.326 e. The standard InChI is InChI=1S/C24H17ClF2N4O5S/c25-14-5-6-15(23(32)30-20(24(33)34)11-13-4-7-16(26)17(27)10-13)19(12-14)31-37(35,36)21-3-1-2-18-22(21)29-9-8-28-18/h1-10,12,20,31H,11H2,(H,30,32)(H,33,34)/t20-/m0/s1. The molecule has 1 amide bonds. The van der Waals surface area contributed by atoms with Gasteiger partial charge < -0.3 is 10.4 Å². The number of carboxylic acid groups (broad SMARTS) is 1. The van der Waals surface area contributed by atoms with E-state index in [-0.39, 0.29) is 38.7 Å². The molecule has 0 saturated heterocycles. The molecule has 0 saturated carbocycles. The van der Waals surface area contributed by atoms with Crippen LogP contribution in [0.4, 0.5) is 14.5 Å². The Kier molecular flexibility index (Phi) is 7.32. The van der Waals surface area contributed by atoms with E-state index < -0.39 is 39.6 Å². The Morgan fingerprint density at radius 2 is 1.76 bits per heavy atom. The van der Waals surface area contributed by atoms with Gasteiger partial charge in [0.2, 0.25) is 0 Å². The molecule has 3 aromatic carbocycles. The predicted molar refractivity (Wildman–Crippen MR) is 131 cm³/mol. The fourth-order valence-corrected chi connectivity index (χ4v) is 4.93. The number of hydrogen-bond donors (Lipinski definition) is 3. The van der Waals surface area contributed by atoms with E-state index in [1.165, 1.54) is 48.8 Å². The van der Waals surface area contributed by atoms with Gasteiger partial charge in [0.25, 0.3) is 15.9 Å². The second-order valence-electron chi connectivity index (χ2n) is 7.79. The molecule has 0 bridgehead atoms. The number of hydrogen-bond acceptors (Lipinski definition) is 6. The first kappa shape index (κ1) is 25.9. The van der Waals surface area contributed by atoms with Gasteiger partial charge in [-0.05, 0) is 48.0 Å². The van der Waals surface area contributed by atoms with Gasteiger partial charge in [0.1, 0.15) is 16.5 Å².